The first-order valence-corrected chi connectivity index (χ1v) is 11.1. The molecular weight excluding hydrogens is 336 g/mol. The van der Waals surface area contributed by atoms with Crippen molar-refractivity contribution in [2.24, 2.45) is 5.41 Å². The molecule has 1 aromatic heterocycles. The highest BCUT2D eigenvalue weighted by Gasteiger charge is 2.37. The summed E-state index contributed by atoms with van der Waals surface area (Å²) in [7, 11) is 4.24. The number of nitrogens with one attached hydrogen (secondary N) is 1. The number of fused-ring (bicyclic) bond motifs is 1. The lowest BCUT2D eigenvalue weighted by Crippen LogP contribution is -2.32. The van der Waals surface area contributed by atoms with Crippen molar-refractivity contribution in [1.82, 2.24) is 20.0 Å². The highest BCUT2D eigenvalue weighted by Crippen LogP contribution is 2.47. The fourth-order valence-corrected chi connectivity index (χ4v) is 5.07. The summed E-state index contributed by atoms with van der Waals surface area (Å²) in [5.74, 6) is 0.695. The standard InChI is InChI=1S/C22H40N4O/c1-5-22(17-27-6-2)11-9-18(10-12-22)21-19(16-25(4)15-13-23-3)24-26-14-7-8-20(21)26/h18,23H,5-17H2,1-4H3. The van der Waals surface area contributed by atoms with Gasteiger partial charge in [-0.2, -0.15) is 5.10 Å². The van der Waals surface area contributed by atoms with E-state index in [4.69, 9.17) is 9.84 Å². The van der Waals surface area contributed by atoms with Crippen LogP contribution in [0, 0.1) is 5.41 Å². The average Bonchev–Trinajstić information content (AvgIpc) is 3.26. The first-order valence-electron chi connectivity index (χ1n) is 11.1. The molecule has 1 saturated carbocycles. The second-order valence-electron chi connectivity index (χ2n) is 8.74. The highest BCUT2D eigenvalue weighted by atomic mass is 16.5. The largest absolute Gasteiger partial charge is 0.381 e. The molecule has 0 amide bonds. The molecule has 0 saturated heterocycles. The maximum Gasteiger partial charge on any atom is 0.0802 e. The Bertz CT molecular complexity index is 589. The van der Waals surface area contributed by atoms with E-state index in [1.807, 2.05) is 7.05 Å². The lowest BCUT2D eigenvalue weighted by atomic mass is 9.67. The number of aryl methyl sites for hydroxylation is 1. The number of hydrogen-bond acceptors (Lipinski definition) is 4. The van der Waals surface area contributed by atoms with Crippen LogP contribution >= 0.6 is 0 Å². The Balaban J connectivity index is 1.72. The van der Waals surface area contributed by atoms with Gasteiger partial charge in [-0.25, -0.2) is 0 Å². The second-order valence-corrected chi connectivity index (χ2v) is 8.74. The van der Waals surface area contributed by atoms with Crippen LogP contribution in [0.25, 0.3) is 0 Å². The van der Waals surface area contributed by atoms with Crippen molar-refractivity contribution in [1.29, 1.82) is 0 Å². The quantitative estimate of drug-likeness (QED) is 0.678. The molecule has 5 heteroatoms. The number of aromatic nitrogens is 2. The average molecular weight is 377 g/mol. The van der Waals surface area contributed by atoms with Crippen LogP contribution in [0.15, 0.2) is 0 Å². The topological polar surface area (TPSA) is 42.3 Å². The monoisotopic (exact) mass is 376 g/mol. The zero-order chi connectivity index (χ0) is 19.3. The molecule has 0 aromatic carbocycles. The fraction of sp³-hybridized carbons (Fsp3) is 0.864. The zero-order valence-electron chi connectivity index (χ0n) is 18.0. The van der Waals surface area contributed by atoms with Crippen molar-refractivity contribution in [2.75, 3.05) is 40.4 Å². The smallest absolute Gasteiger partial charge is 0.0802 e. The molecule has 0 bridgehead atoms. The normalized spacial score (nSPS) is 25.3. The van der Waals surface area contributed by atoms with Gasteiger partial charge in [-0.1, -0.05) is 6.92 Å². The molecule has 0 unspecified atom stereocenters. The number of ether oxygens (including phenoxy) is 1. The van der Waals surface area contributed by atoms with Gasteiger partial charge in [0.1, 0.15) is 0 Å². The van der Waals surface area contributed by atoms with E-state index in [2.05, 4.69) is 35.8 Å². The SMILES string of the molecule is CCOCC1(CC)CCC(c2c(CN(C)CCNC)nn3c2CCC3)CC1. The van der Waals surface area contributed by atoms with E-state index in [1.165, 1.54) is 50.6 Å². The molecular formula is C22H40N4O. The maximum absolute atomic E-state index is 5.85. The van der Waals surface area contributed by atoms with Crippen LogP contribution in [-0.2, 0) is 24.2 Å². The van der Waals surface area contributed by atoms with Crippen molar-refractivity contribution < 1.29 is 4.74 Å². The van der Waals surface area contributed by atoms with E-state index in [0.29, 0.717) is 11.3 Å². The molecule has 2 heterocycles. The number of hydrogen-bond donors (Lipinski definition) is 1. The number of nitrogens with zero attached hydrogens (tertiary/aromatic N) is 3. The molecule has 0 atom stereocenters. The predicted octanol–water partition coefficient (Wildman–Crippen LogP) is 3.57. The Morgan fingerprint density at radius 1 is 1.30 bits per heavy atom. The van der Waals surface area contributed by atoms with Gasteiger partial charge >= 0.3 is 0 Å². The molecule has 1 aliphatic carbocycles. The van der Waals surface area contributed by atoms with Gasteiger partial charge in [-0.3, -0.25) is 9.58 Å². The van der Waals surface area contributed by atoms with Crippen LogP contribution in [0.3, 0.4) is 0 Å². The van der Waals surface area contributed by atoms with Crippen LogP contribution in [0.2, 0.25) is 0 Å². The Labute approximate surface area is 165 Å². The third-order valence-corrected chi connectivity index (χ3v) is 6.94. The minimum Gasteiger partial charge on any atom is -0.381 e. The third-order valence-electron chi connectivity index (χ3n) is 6.94. The Morgan fingerprint density at radius 3 is 2.74 bits per heavy atom. The van der Waals surface area contributed by atoms with E-state index in [9.17, 15) is 0 Å². The molecule has 1 fully saturated rings. The summed E-state index contributed by atoms with van der Waals surface area (Å²) in [5.41, 5.74) is 4.92. The van der Waals surface area contributed by atoms with Crippen LogP contribution in [0.1, 0.15) is 75.2 Å². The van der Waals surface area contributed by atoms with E-state index in [-0.39, 0.29) is 0 Å². The summed E-state index contributed by atoms with van der Waals surface area (Å²) in [6, 6.07) is 0. The van der Waals surface area contributed by atoms with Crippen LogP contribution in [-0.4, -0.2) is 55.1 Å². The number of likely N-dealkylation sites (N-methyl/N-ethyl adjacent to an activating group) is 2. The molecule has 3 rings (SSSR count). The van der Waals surface area contributed by atoms with Crippen molar-refractivity contribution in [3.05, 3.63) is 17.0 Å². The molecule has 0 radical (unpaired) electrons. The molecule has 1 N–H and O–H groups in total. The van der Waals surface area contributed by atoms with E-state index < -0.39 is 0 Å². The molecule has 154 valence electrons. The zero-order valence-corrected chi connectivity index (χ0v) is 18.0. The number of rotatable bonds is 10. The fourth-order valence-electron chi connectivity index (χ4n) is 5.07. The minimum atomic E-state index is 0.409. The Kier molecular flexibility index (Phi) is 7.35. The summed E-state index contributed by atoms with van der Waals surface area (Å²) < 4.78 is 8.17. The van der Waals surface area contributed by atoms with Gasteiger partial charge < -0.3 is 10.1 Å². The van der Waals surface area contributed by atoms with Gasteiger partial charge in [-0.05, 0) is 77.3 Å². The van der Waals surface area contributed by atoms with Crippen molar-refractivity contribution in [2.45, 2.75) is 77.8 Å². The molecule has 1 aliphatic heterocycles. The second kappa shape index (κ2) is 9.53. The van der Waals surface area contributed by atoms with Crippen molar-refractivity contribution in [3.63, 3.8) is 0 Å². The van der Waals surface area contributed by atoms with Gasteiger partial charge in [0.15, 0.2) is 0 Å². The Morgan fingerprint density at radius 2 is 2.07 bits per heavy atom. The third kappa shape index (κ3) is 4.75. The van der Waals surface area contributed by atoms with E-state index in [0.717, 1.165) is 39.4 Å². The first-order chi connectivity index (χ1) is 13.1. The van der Waals surface area contributed by atoms with Gasteiger partial charge in [-0.15, -0.1) is 0 Å². The van der Waals surface area contributed by atoms with Crippen LogP contribution in [0.5, 0.6) is 0 Å². The van der Waals surface area contributed by atoms with E-state index in [1.54, 1.807) is 11.3 Å². The predicted molar refractivity (Wildman–Crippen MR) is 111 cm³/mol. The highest BCUT2D eigenvalue weighted by molar-refractivity contribution is 5.33. The van der Waals surface area contributed by atoms with Gasteiger partial charge in [0.05, 0.1) is 12.3 Å². The maximum atomic E-state index is 5.85. The van der Waals surface area contributed by atoms with Gasteiger partial charge in [0, 0.05) is 44.0 Å². The summed E-state index contributed by atoms with van der Waals surface area (Å²) in [6.07, 6.45) is 8.92. The molecule has 5 nitrogen and oxygen atoms in total. The van der Waals surface area contributed by atoms with Gasteiger partial charge in [0.2, 0.25) is 0 Å². The van der Waals surface area contributed by atoms with Crippen molar-refractivity contribution in [3.8, 4) is 0 Å². The molecule has 0 spiro atoms. The van der Waals surface area contributed by atoms with Gasteiger partial charge in [0.25, 0.3) is 0 Å². The Hall–Kier alpha value is -0.910. The minimum absolute atomic E-state index is 0.409. The first kappa shape index (κ1) is 20.8. The lowest BCUT2D eigenvalue weighted by Gasteiger charge is -2.39. The summed E-state index contributed by atoms with van der Waals surface area (Å²) in [4.78, 5) is 2.41. The van der Waals surface area contributed by atoms with Crippen LogP contribution < -0.4 is 5.32 Å². The lowest BCUT2D eigenvalue weighted by molar-refractivity contribution is 0.0192. The molecule has 2 aliphatic rings. The summed E-state index contributed by atoms with van der Waals surface area (Å²) >= 11 is 0. The van der Waals surface area contributed by atoms with E-state index >= 15 is 0 Å². The molecule has 27 heavy (non-hydrogen) atoms. The van der Waals surface area contributed by atoms with Crippen molar-refractivity contribution >= 4 is 0 Å². The summed E-state index contributed by atoms with van der Waals surface area (Å²) in [6.45, 7) is 10.4. The molecule has 1 aromatic rings. The summed E-state index contributed by atoms with van der Waals surface area (Å²) in [5, 5.41) is 8.30. The van der Waals surface area contributed by atoms with Crippen LogP contribution in [0.4, 0.5) is 0 Å².